The molecule has 0 aliphatic heterocycles. The summed E-state index contributed by atoms with van der Waals surface area (Å²) in [4.78, 5) is 50.0. The monoisotopic (exact) mass is 460 g/mol. The van der Waals surface area contributed by atoms with Crippen LogP contribution in [0.3, 0.4) is 0 Å². The van der Waals surface area contributed by atoms with Gasteiger partial charge < -0.3 is 9.47 Å². The van der Waals surface area contributed by atoms with Crippen LogP contribution < -0.4 is 0 Å². The third-order valence-electron chi connectivity index (χ3n) is 10.4. The van der Waals surface area contributed by atoms with Crippen molar-refractivity contribution in [2.24, 2.45) is 46.3 Å². The minimum atomic E-state index is -0.456. The van der Waals surface area contributed by atoms with Gasteiger partial charge >= 0.3 is 11.9 Å². The lowest BCUT2D eigenvalue weighted by atomic mass is 9.43. The number of hydrogen-bond donors (Lipinski definition) is 0. The zero-order valence-electron chi connectivity index (χ0n) is 20.9. The summed E-state index contributed by atoms with van der Waals surface area (Å²) in [6.45, 7) is 8.06. The van der Waals surface area contributed by atoms with Crippen LogP contribution in [0, 0.1) is 46.3 Å². The van der Waals surface area contributed by atoms with Crippen molar-refractivity contribution < 1.29 is 28.7 Å². The second-order valence-corrected chi connectivity index (χ2v) is 11.8. The largest absolute Gasteiger partial charge is 0.469 e. The molecule has 0 aromatic rings. The van der Waals surface area contributed by atoms with E-state index in [0.717, 1.165) is 32.1 Å². The van der Waals surface area contributed by atoms with E-state index in [1.807, 2.05) is 0 Å². The van der Waals surface area contributed by atoms with Crippen LogP contribution in [-0.4, -0.2) is 36.7 Å². The summed E-state index contributed by atoms with van der Waals surface area (Å²) in [6.07, 6.45) is 5.99. The highest BCUT2D eigenvalue weighted by Crippen LogP contribution is 2.67. The fraction of sp³-hybridized carbons (Fsp3) is 0.852. The molecule has 6 nitrogen and oxygen atoms in total. The van der Waals surface area contributed by atoms with Gasteiger partial charge in [0.15, 0.2) is 0 Å². The van der Waals surface area contributed by atoms with E-state index in [1.165, 1.54) is 14.0 Å². The molecule has 0 N–H and O–H groups in total. The quantitative estimate of drug-likeness (QED) is 0.561. The second-order valence-electron chi connectivity index (χ2n) is 11.8. The van der Waals surface area contributed by atoms with Gasteiger partial charge in [0.1, 0.15) is 17.7 Å². The number of ether oxygens (including phenoxy) is 2. The predicted octanol–water partition coefficient (Wildman–Crippen LogP) is 4.52. The molecular weight excluding hydrogens is 420 g/mol. The van der Waals surface area contributed by atoms with Crippen LogP contribution in [0.1, 0.15) is 85.5 Å². The van der Waals surface area contributed by atoms with E-state index in [0.29, 0.717) is 37.2 Å². The van der Waals surface area contributed by atoms with Crippen molar-refractivity contribution >= 4 is 23.5 Å². The van der Waals surface area contributed by atoms with Crippen molar-refractivity contribution in [2.75, 3.05) is 7.11 Å². The maximum Gasteiger partial charge on any atom is 0.305 e. The van der Waals surface area contributed by atoms with Crippen molar-refractivity contribution in [3.63, 3.8) is 0 Å². The second kappa shape index (κ2) is 8.81. The van der Waals surface area contributed by atoms with Gasteiger partial charge in [-0.25, -0.2) is 0 Å². The summed E-state index contributed by atoms with van der Waals surface area (Å²) in [7, 11) is 1.41. The van der Waals surface area contributed by atoms with Gasteiger partial charge in [-0.2, -0.15) is 0 Å². The molecule has 0 saturated heterocycles. The van der Waals surface area contributed by atoms with Crippen LogP contribution in [0.4, 0.5) is 0 Å². The van der Waals surface area contributed by atoms with E-state index < -0.39 is 5.41 Å². The molecule has 0 aromatic heterocycles. The summed E-state index contributed by atoms with van der Waals surface area (Å²) < 4.78 is 10.8. The molecule has 4 aliphatic carbocycles. The SMILES string of the molecule is COC(=O)CC[C@H](C)[C@H]1CCC2C3C(CC(=O)[C@@]21C)[C@@]1(C)CCC(=O)C[C@H]1C[C@H]3OC(C)=O. The zero-order valence-corrected chi connectivity index (χ0v) is 20.9. The van der Waals surface area contributed by atoms with E-state index in [9.17, 15) is 19.2 Å². The molecule has 4 rings (SSSR count). The molecule has 184 valence electrons. The van der Waals surface area contributed by atoms with Crippen LogP contribution in [0.2, 0.25) is 0 Å². The van der Waals surface area contributed by atoms with Crippen molar-refractivity contribution in [3.8, 4) is 0 Å². The Bertz CT molecular complexity index is 834. The molecule has 3 unspecified atom stereocenters. The number of rotatable bonds is 5. The molecule has 0 spiro atoms. The molecule has 4 aliphatic rings. The first kappa shape index (κ1) is 24.4. The third-order valence-corrected chi connectivity index (χ3v) is 10.4. The number of carbonyl (C=O) groups is 4. The standard InChI is InChI=1S/C27H40O6/c1-15(6-9-24(31)32-5)19-7-8-20-25-21(14-23(30)27(19,20)4)26(3)11-10-18(29)12-17(26)13-22(25)33-16(2)28/h15,17,19-22,25H,6-14H2,1-5H3/t15-,17-,19+,20?,21?,22+,25?,26-,27+/m0/s1. The smallest absolute Gasteiger partial charge is 0.305 e. The summed E-state index contributed by atoms with van der Waals surface area (Å²) >= 11 is 0. The zero-order chi connectivity index (χ0) is 24.1. The predicted molar refractivity (Wildman–Crippen MR) is 122 cm³/mol. The Morgan fingerprint density at radius 3 is 2.52 bits per heavy atom. The lowest BCUT2D eigenvalue weighted by Gasteiger charge is -2.61. The third kappa shape index (κ3) is 3.95. The highest BCUT2D eigenvalue weighted by molar-refractivity contribution is 5.87. The van der Waals surface area contributed by atoms with Gasteiger partial charge in [0, 0.05) is 43.9 Å². The number of hydrogen-bond acceptors (Lipinski definition) is 6. The van der Waals surface area contributed by atoms with Gasteiger partial charge in [0.05, 0.1) is 7.11 Å². The van der Waals surface area contributed by atoms with Crippen LogP contribution in [0.15, 0.2) is 0 Å². The first-order valence-corrected chi connectivity index (χ1v) is 12.8. The normalized spacial score (nSPS) is 43.2. The van der Waals surface area contributed by atoms with E-state index >= 15 is 0 Å². The number of esters is 2. The molecule has 0 heterocycles. The first-order chi connectivity index (χ1) is 15.5. The molecule has 0 bridgehead atoms. The summed E-state index contributed by atoms with van der Waals surface area (Å²) in [5.74, 6) is 1.28. The minimum absolute atomic E-state index is 0.0548. The molecule has 0 radical (unpaired) electrons. The van der Waals surface area contributed by atoms with Crippen LogP contribution in [-0.2, 0) is 28.7 Å². The van der Waals surface area contributed by atoms with Crippen LogP contribution >= 0.6 is 0 Å². The van der Waals surface area contributed by atoms with Gasteiger partial charge in [-0.1, -0.05) is 20.8 Å². The van der Waals surface area contributed by atoms with Crippen molar-refractivity contribution in [1.82, 2.24) is 0 Å². The van der Waals surface area contributed by atoms with Crippen molar-refractivity contribution in [3.05, 3.63) is 0 Å². The fourth-order valence-corrected chi connectivity index (χ4v) is 8.63. The van der Waals surface area contributed by atoms with Gasteiger partial charge in [-0.3, -0.25) is 19.2 Å². The lowest BCUT2D eigenvalue weighted by Crippen LogP contribution is -2.61. The number of carbonyl (C=O) groups excluding carboxylic acids is 4. The first-order valence-electron chi connectivity index (χ1n) is 12.8. The molecule has 9 atom stereocenters. The van der Waals surface area contributed by atoms with Gasteiger partial charge in [0.25, 0.3) is 0 Å². The summed E-state index contributed by atoms with van der Waals surface area (Å²) in [5.41, 5.74) is -0.510. The Morgan fingerprint density at radius 1 is 1.12 bits per heavy atom. The van der Waals surface area contributed by atoms with E-state index in [4.69, 9.17) is 9.47 Å². The average molecular weight is 461 g/mol. The molecule has 33 heavy (non-hydrogen) atoms. The van der Waals surface area contributed by atoms with Crippen molar-refractivity contribution in [2.45, 2.75) is 91.6 Å². The van der Waals surface area contributed by atoms with Crippen LogP contribution in [0.5, 0.6) is 0 Å². The van der Waals surface area contributed by atoms with Gasteiger partial charge in [-0.05, 0) is 67.1 Å². The highest BCUT2D eigenvalue weighted by Gasteiger charge is 2.66. The topological polar surface area (TPSA) is 86.7 Å². The summed E-state index contributed by atoms with van der Waals surface area (Å²) in [6, 6.07) is 0. The molecule has 6 heteroatoms. The molecule has 4 saturated carbocycles. The Hall–Kier alpha value is -1.72. The van der Waals surface area contributed by atoms with Gasteiger partial charge in [-0.15, -0.1) is 0 Å². The maximum absolute atomic E-state index is 13.9. The minimum Gasteiger partial charge on any atom is -0.469 e. The fourth-order valence-electron chi connectivity index (χ4n) is 8.63. The van der Waals surface area contributed by atoms with E-state index in [2.05, 4.69) is 20.8 Å². The van der Waals surface area contributed by atoms with Crippen LogP contribution in [0.25, 0.3) is 0 Å². The summed E-state index contributed by atoms with van der Waals surface area (Å²) in [5, 5.41) is 0. The Labute approximate surface area is 197 Å². The number of fused-ring (bicyclic) bond motifs is 5. The molecular formula is C27H40O6. The highest BCUT2D eigenvalue weighted by atomic mass is 16.5. The van der Waals surface area contributed by atoms with Crippen molar-refractivity contribution in [1.29, 1.82) is 0 Å². The Morgan fingerprint density at radius 2 is 1.85 bits per heavy atom. The number of ketones is 2. The average Bonchev–Trinajstić information content (AvgIpc) is 3.11. The van der Waals surface area contributed by atoms with Gasteiger partial charge in [0.2, 0.25) is 0 Å². The lowest BCUT2D eigenvalue weighted by molar-refractivity contribution is -0.190. The number of Topliss-reactive ketones (excluding diaryl/α,β-unsaturated/α-hetero) is 2. The molecule has 4 fully saturated rings. The molecule has 0 aromatic carbocycles. The maximum atomic E-state index is 13.9. The number of methoxy groups -OCH3 is 1. The van der Waals surface area contributed by atoms with E-state index in [-0.39, 0.29) is 59.0 Å². The molecule has 0 amide bonds. The Kier molecular flexibility index (Phi) is 6.52. The van der Waals surface area contributed by atoms with E-state index in [1.54, 1.807) is 0 Å². The Balaban J connectivity index is 1.65.